The lowest BCUT2D eigenvalue weighted by atomic mass is 10.1. The number of benzene rings is 2. The van der Waals surface area contributed by atoms with E-state index >= 15 is 0 Å². The van der Waals surface area contributed by atoms with Gasteiger partial charge in [0.25, 0.3) is 23.6 Å². The van der Waals surface area contributed by atoms with Crippen LogP contribution in [0.1, 0.15) is 96.8 Å². The van der Waals surface area contributed by atoms with Crippen LogP contribution in [0, 0.1) is 21.4 Å². The van der Waals surface area contributed by atoms with Crippen molar-refractivity contribution in [2.24, 2.45) is 0 Å². The zero-order valence-electron chi connectivity index (χ0n) is 47.5. The number of urea groups is 2. The molecule has 2 rings (SSSR count). The van der Waals surface area contributed by atoms with Crippen LogP contribution in [-0.2, 0) is 76.3 Å². The molecule has 0 aliphatic carbocycles. The summed E-state index contributed by atoms with van der Waals surface area (Å²) in [5, 5.41) is 15.9. The molecule has 86 heavy (non-hydrogen) atoms. The average molecular weight is 1890 g/mol. The minimum atomic E-state index is -1.13. The van der Waals surface area contributed by atoms with Gasteiger partial charge in [-0.1, -0.05) is 0 Å². The molecule has 4 unspecified atom stereocenters. The molecule has 474 valence electrons. The molecule has 0 aliphatic rings. The largest absolute Gasteiger partial charge is 0.462 e. The van der Waals surface area contributed by atoms with E-state index in [1.54, 1.807) is 136 Å². The van der Waals surface area contributed by atoms with Gasteiger partial charge in [-0.3, -0.25) is 57.5 Å². The quantitative estimate of drug-likeness (QED) is 0.0383. The zero-order chi connectivity index (χ0) is 65.4. The highest BCUT2D eigenvalue weighted by atomic mass is 127. The van der Waals surface area contributed by atoms with Gasteiger partial charge >= 0.3 is 59.8 Å². The number of carbonyl (C=O) groups is 14. The van der Waals surface area contributed by atoms with Crippen molar-refractivity contribution in [1.29, 1.82) is 0 Å². The summed E-state index contributed by atoms with van der Waals surface area (Å²) in [6, 6.07) is -1.61. The molecule has 0 bridgehead atoms. The first-order valence-corrected chi connectivity index (χ1v) is 31.3. The van der Waals surface area contributed by atoms with Gasteiger partial charge in [-0.25, -0.2) is 9.59 Å². The molecule has 2 aromatic rings. The first-order valence-electron chi connectivity index (χ1n) is 24.9. The van der Waals surface area contributed by atoms with Crippen LogP contribution < -0.4 is 31.9 Å². The van der Waals surface area contributed by atoms with Crippen LogP contribution in [0.2, 0.25) is 0 Å². The minimum Gasteiger partial charge on any atom is -0.462 e. The number of ether oxygens (including phenoxy) is 8. The zero-order valence-corrected chi connectivity index (χ0v) is 60.5. The fraction of sp³-hybridized carbons (Fsp3) is 0.480. The third-order valence-corrected chi connectivity index (χ3v) is 17.1. The van der Waals surface area contributed by atoms with Crippen LogP contribution in [0.3, 0.4) is 0 Å². The molecule has 4 atom stereocenters. The Bertz CT molecular complexity index is 2610. The van der Waals surface area contributed by atoms with Crippen molar-refractivity contribution in [2.45, 2.75) is 79.8 Å². The summed E-state index contributed by atoms with van der Waals surface area (Å²) in [6.07, 6.45) is -4.54. The lowest BCUT2D eigenvalue weighted by molar-refractivity contribution is -0.155. The number of hydrogen-bond acceptors (Lipinski definition) is 22. The average Bonchev–Trinajstić information content (AvgIpc) is 0.931. The summed E-state index contributed by atoms with van der Waals surface area (Å²) in [5.74, 6) is -8.99. The summed E-state index contributed by atoms with van der Waals surface area (Å²) in [6.45, 7) is 5.48. The van der Waals surface area contributed by atoms with Crippen molar-refractivity contribution in [1.82, 2.24) is 31.1 Å². The van der Waals surface area contributed by atoms with Crippen molar-refractivity contribution >= 4 is 230 Å². The maximum atomic E-state index is 14.1. The van der Waals surface area contributed by atoms with Gasteiger partial charge < -0.3 is 79.6 Å². The van der Waals surface area contributed by atoms with Gasteiger partial charge in [0.2, 0.25) is 0 Å². The Morgan fingerprint density at radius 1 is 0.337 bits per heavy atom. The summed E-state index contributed by atoms with van der Waals surface area (Å²) in [4.78, 5) is 181. The first-order chi connectivity index (χ1) is 40.1. The number of esters is 8. The van der Waals surface area contributed by atoms with Gasteiger partial charge in [0.15, 0.2) is 24.4 Å². The Kier molecular flexibility index (Phi) is 33.8. The Balaban J connectivity index is 2.62. The van der Waals surface area contributed by atoms with E-state index < -0.39 is 134 Å². The molecule has 0 fully saturated rings. The van der Waals surface area contributed by atoms with Crippen molar-refractivity contribution in [3.63, 3.8) is 0 Å². The fourth-order valence-corrected chi connectivity index (χ4v) is 15.6. The third kappa shape index (κ3) is 26.0. The van der Waals surface area contributed by atoms with Crippen LogP contribution in [0.15, 0.2) is 0 Å². The highest BCUT2D eigenvalue weighted by molar-refractivity contribution is 14.1. The van der Waals surface area contributed by atoms with Gasteiger partial charge in [0.1, 0.15) is 26.4 Å². The number of rotatable bonds is 29. The van der Waals surface area contributed by atoms with Crippen LogP contribution in [0.4, 0.5) is 21.0 Å². The highest BCUT2D eigenvalue weighted by Crippen LogP contribution is 2.38. The van der Waals surface area contributed by atoms with E-state index in [-0.39, 0.29) is 94.3 Å². The number of carbonyl (C=O) groups excluding carboxylic acids is 14. The van der Waals surface area contributed by atoms with Crippen molar-refractivity contribution in [3.05, 3.63) is 43.7 Å². The molecule has 0 aromatic heterocycles. The van der Waals surface area contributed by atoms with Crippen molar-refractivity contribution < 1.29 is 105 Å². The lowest BCUT2D eigenvalue weighted by Gasteiger charge is -2.26. The maximum absolute atomic E-state index is 14.1. The van der Waals surface area contributed by atoms with E-state index in [1.165, 1.54) is 23.9 Å². The molecule has 0 heterocycles. The molecule has 0 radical (unpaired) electrons. The predicted octanol–water partition coefficient (Wildman–Crippen LogP) is 3.84. The number of nitrogens with one attached hydrogen (secondary N) is 6. The summed E-state index contributed by atoms with van der Waals surface area (Å²) in [5.41, 5.74) is -0.583. The summed E-state index contributed by atoms with van der Waals surface area (Å²) < 4.78 is 41.4. The molecule has 6 N–H and O–H groups in total. The second kappa shape index (κ2) is 37.8. The Morgan fingerprint density at radius 2 is 0.535 bits per heavy atom. The highest BCUT2D eigenvalue weighted by Gasteiger charge is 2.33. The topological polar surface area (TPSA) is 391 Å². The molecular weight excluding hydrogens is 1830 g/mol. The van der Waals surface area contributed by atoms with E-state index in [2.05, 4.69) is 31.9 Å². The molecule has 0 aliphatic heterocycles. The SMILES string of the molecule is CC(=O)OCC(CNC(=O)c1c(I)c(NC(=O)N(C)CCN(C)C(=O)Nc2c(I)c(C(=O)NCC(COC(C)=O)OC(C)=O)c(I)c(C(=O)NCC(COC(C)=O)OC(C)=O)c2I)c(I)c(C(=O)NCC(COC(C)=O)OC(C)=O)c1I)OC(C)=O. The normalized spacial score (nSPS) is 12.0. The predicted molar refractivity (Wildman–Crippen MR) is 351 cm³/mol. The van der Waals surface area contributed by atoms with Gasteiger partial charge in [-0.05, 0) is 136 Å². The molecule has 0 saturated carbocycles. The van der Waals surface area contributed by atoms with Gasteiger partial charge in [-0.15, -0.1) is 0 Å². The van der Waals surface area contributed by atoms with E-state index in [0.717, 1.165) is 55.4 Å². The van der Waals surface area contributed by atoms with Gasteiger partial charge in [-0.2, -0.15) is 0 Å². The first kappa shape index (κ1) is 77.1. The molecule has 30 nitrogen and oxygen atoms in total. The number of nitrogens with zero attached hydrogens (tertiary/aromatic N) is 2. The molecule has 8 amide bonds. The number of hydrogen-bond donors (Lipinski definition) is 6. The van der Waals surface area contributed by atoms with E-state index in [1.807, 2.05) is 0 Å². The molecule has 0 spiro atoms. The Morgan fingerprint density at radius 3 is 0.709 bits per heavy atom. The van der Waals surface area contributed by atoms with Crippen LogP contribution in [0.25, 0.3) is 0 Å². The Hall–Kier alpha value is -5.00. The fourth-order valence-electron chi connectivity index (χ4n) is 6.75. The second-order valence-electron chi connectivity index (χ2n) is 17.8. The van der Waals surface area contributed by atoms with E-state index in [0.29, 0.717) is 0 Å². The van der Waals surface area contributed by atoms with E-state index in [4.69, 9.17) is 37.9 Å². The third-order valence-electron chi connectivity index (χ3n) is 10.7. The van der Waals surface area contributed by atoms with Crippen molar-refractivity contribution in [2.75, 3.05) is 90.4 Å². The second-order valence-corrected chi connectivity index (χ2v) is 24.3. The van der Waals surface area contributed by atoms with Gasteiger partial charge in [0, 0.05) is 89.7 Å². The summed E-state index contributed by atoms with van der Waals surface area (Å²) >= 11 is 10.7. The van der Waals surface area contributed by atoms with Crippen LogP contribution in [0.5, 0.6) is 0 Å². The minimum absolute atomic E-state index is 0.0297. The van der Waals surface area contributed by atoms with Crippen LogP contribution >= 0.6 is 136 Å². The monoisotopic (exact) mass is 1890 g/mol. The molecule has 0 saturated heterocycles. The summed E-state index contributed by atoms with van der Waals surface area (Å²) in [7, 11) is 2.76. The van der Waals surface area contributed by atoms with Crippen LogP contribution in [-0.4, -0.2) is 197 Å². The number of anilines is 2. The molecule has 36 heteroatoms. The van der Waals surface area contributed by atoms with Crippen molar-refractivity contribution in [3.8, 4) is 0 Å². The molecular formula is C50H60I6N8O22. The number of halogens is 6. The standard InChI is InChI=1S/C50H60I6N8O22/c1-21(65)79-17-29(83-25(5)69)13-57-45(73)33-37(51)34(46(74)58-14-30(84-26(6)70)18-80-22(2)66)40(54)43(39(33)53)61-49(77)63(9)11-12-64(10)50(78)62-44-41(55)35(47(75)59-15-31(85-27(7)71)19-81-23(3)67)38(52)36(42(44)56)48(76)60-16-32(86-28(8)72)20-82-24(4)68/h29-32H,11-20H2,1-10H3,(H,57,73)(H,58,74)(H,59,75)(H,60,76)(H,61,77)(H,62,78). The van der Waals surface area contributed by atoms with E-state index in [9.17, 15) is 67.1 Å². The van der Waals surface area contributed by atoms with Gasteiger partial charge in [0.05, 0.1) is 74.1 Å². The maximum Gasteiger partial charge on any atom is 0.321 e. The lowest BCUT2D eigenvalue weighted by Crippen LogP contribution is -2.42. The number of likely N-dealkylation sites (N-methyl/N-ethyl adjacent to an activating group) is 2. The number of amides is 8. The Labute approximate surface area is 574 Å². The smallest absolute Gasteiger partial charge is 0.321 e. The molecule has 2 aromatic carbocycles.